The summed E-state index contributed by atoms with van der Waals surface area (Å²) in [6.07, 6.45) is 0. The molecule has 0 N–H and O–H groups in total. The van der Waals surface area contributed by atoms with Gasteiger partial charge in [0.25, 0.3) is 5.91 Å². The average molecular weight is 337 g/mol. The summed E-state index contributed by atoms with van der Waals surface area (Å²) in [4.78, 5) is 24.7. The van der Waals surface area contributed by atoms with Crippen LogP contribution in [0.5, 0.6) is 5.75 Å². The number of hydrogen-bond donors (Lipinski definition) is 0. The van der Waals surface area contributed by atoms with Crippen molar-refractivity contribution in [2.75, 3.05) is 37.7 Å². The first kappa shape index (κ1) is 16.7. The Kier molecular flexibility index (Phi) is 5.09. The van der Waals surface area contributed by atoms with E-state index in [1.807, 2.05) is 48.2 Å². The Morgan fingerprint density at radius 3 is 2.60 bits per heavy atom. The van der Waals surface area contributed by atoms with Crippen LogP contribution in [0.15, 0.2) is 36.4 Å². The SMILES string of the molecule is Cc1cc(C#N)nc(N2CCN(C(=O)COc3ccccc3)CC2)n1. The maximum atomic E-state index is 12.3. The van der Waals surface area contributed by atoms with E-state index in [0.717, 1.165) is 5.69 Å². The summed E-state index contributed by atoms with van der Waals surface area (Å²) in [7, 11) is 0. The lowest BCUT2D eigenvalue weighted by atomic mass is 10.3. The molecule has 1 amide bonds. The monoisotopic (exact) mass is 337 g/mol. The van der Waals surface area contributed by atoms with Crippen LogP contribution in [0, 0.1) is 18.3 Å². The highest BCUT2D eigenvalue weighted by Gasteiger charge is 2.23. The molecule has 1 aromatic carbocycles. The van der Waals surface area contributed by atoms with Crippen LogP contribution in [-0.4, -0.2) is 53.6 Å². The third-order valence-corrected chi connectivity index (χ3v) is 3.98. The van der Waals surface area contributed by atoms with E-state index in [4.69, 9.17) is 10.00 Å². The molecule has 1 saturated heterocycles. The van der Waals surface area contributed by atoms with E-state index in [0.29, 0.717) is 43.6 Å². The molecule has 1 fully saturated rings. The van der Waals surface area contributed by atoms with E-state index in [1.165, 1.54) is 0 Å². The number of carbonyl (C=O) groups is 1. The minimum atomic E-state index is -0.0358. The predicted octanol–water partition coefficient (Wildman–Crippen LogP) is 1.38. The molecule has 0 bridgehead atoms. The lowest BCUT2D eigenvalue weighted by Crippen LogP contribution is -2.50. The van der Waals surface area contributed by atoms with Crippen LogP contribution in [0.3, 0.4) is 0 Å². The Hall–Kier alpha value is -3.14. The van der Waals surface area contributed by atoms with Gasteiger partial charge in [0, 0.05) is 31.9 Å². The Bertz CT molecular complexity index is 780. The second-order valence-corrected chi connectivity index (χ2v) is 5.78. The molecule has 25 heavy (non-hydrogen) atoms. The normalized spacial score (nSPS) is 14.1. The van der Waals surface area contributed by atoms with Gasteiger partial charge in [0.05, 0.1) is 0 Å². The Morgan fingerprint density at radius 2 is 1.92 bits per heavy atom. The molecule has 3 rings (SSSR count). The molecule has 1 aliphatic heterocycles. The molecule has 2 heterocycles. The third kappa shape index (κ3) is 4.23. The van der Waals surface area contributed by atoms with Crippen molar-refractivity contribution >= 4 is 11.9 Å². The van der Waals surface area contributed by atoms with Gasteiger partial charge in [-0.2, -0.15) is 5.26 Å². The standard InChI is InChI=1S/C18H19N5O2/c1-14-11-15(12-19)21-18(20-14)23-9-7-22(8-10-23)17(24)13-25-16-5-3-2-4-6-16/h2-6,11H,7-10,13H2,1H3. The Labute approximate surface area is 146 Å². The number of para-hydroxylation sites is 1. The molecular formula is C18H19N5O2. The highest BCUT2D eigenvalue weighted by Crippen LogP contribution is 2.14. The summed E-state index contributed by atoms with van der Waals surface area (Å²) in [6, 6.07) is 13.0. The Morgan fingerprint density at radius 1 is 1.20 bits per heavy atom. The van der Waals surface area contributed by atoms with Crippen LogP contribution < -0.4 is 9.64 Å². The molecule has 0 radical (unpaired) electrons. The number of rotatable bonds is 4. The number of benzene rings is 1. The van der Waals surface area contributed by atoms with Crippen molar-refractivity contribution in [1.29, 1.82) is 5.26 Å². The van der Waals surface area contributed by atoms with Crippen molar-refractivity contribution in [1.82, 2.24) is 14.9 Å². The van der Waals surface area contributed by atoms with Gasteiger partial charge < -0.3 is 14.5 Å². The number of piperazine rings is 1. The molecule has 0 saturated carbocycles. The molecule has 0 atom stereocenters. The van der Waals surface area contributed by atoms with E-state index in [2.05, 4.69) is 9.97 Å². The zero-order chi connectivity index (χ0) is 17.6. The molecule has 128 valence electrons. The van der Waals surface area contributed by atoms with Gasteiger partial charge in [-0.15, -0.1) is 0 Å². The van der Waals surface area contributed by atoms with Crippen LogP contribution in [-0.2, 0) is 4.79 Å². The van der Waals surface area contributed by atoms with Crippen molar-refractivity contribution < 1.29 is 9.53 Å². The van der Waals surface area contributed by atoms with Crippen molar-refractivity contribution in [3.05, 3.63) is 47.8 Å². The van der Waals surface area contributed by atoms with Crippen molar-refractivity contribution in [2.45, 2.75) is 6.92 Å². The molecule has 2 aromatic rings. The van der Waals surface area contributed by atoms with Gasteiger partial charge in [-0.25, -0.2) is 9.97 Å². The predicted molar refractivity (Wildman–Crippen MR) is 92.2 cm³/mol. The number of anilines is 1. The molecule has 1 aliphatic rings. The minimum Gasteiger partial charge on any atom is -0.484 e. The molecule has 0 unspecified atom stereocenters. The van der Waals surface area contributed by atoms with Crippen LogP contribution in [0.4, 0.5) is 5.95 Å². The van der Waals surface area contributed by atoms with Crippen molar-refractivity contribution in [3.8, 4) is 11.8 Å². The molecule has 7 nitrogen and oxygen atoms in total. The fourth-order valence-electron chi connectivity index (χ4n) is 2.66. The number of ether oxygens (including phenoxy) is 1. The average Bonchev–Trinajstić information content (AvgIpc) is 2.66. The van der Waals surface area contributed by atoms with Gasteiger partial charge in [0.15, 0.2) is 6.61 Å². The number of nitrogens with zero attached hydrogens (tertiary/aromatic N) is 5. The van der Waals surface area contributed by atoms with E-state index in [9.17, 15) is 4.79 Å². The van der Waals surface area contributed by atoms with E-state index < -0.39 is 0 Å². The summed E-state index contributed by atoms with van der Waals surface area (Å²) in [5.74, 6) is 1.20. The van der Waals surface area contributed by atoms with Gasteiger partial charge in [-0.3, -0.25) is 4.79 Å². The van der Waals surface area contributed by atoms with Crippen LogP contribution >= 0.6 is 0 Å². The topological polar surface area (TPSA) is 82.4 Å². The number of nitriles is 1. The lowest BCUT2D eigenvalue weighted by Gasteiger charge is -2.34. The number of carbonyl (C=O) groups excluding carboxylic acids is 1. The maximum Gasteiger partial charge on any atom is 0.260 e. The molecule has 0 aliphatic carbocycles. The number of hydrogen-bond acceptors (Lipinski definition) is 6. The van der Waals surface area contributed by atoms with Crippen molar-refractivity contribution in [2.24, 2.45) is 0 Å². The van der Waals surface area contributed by atoms with Gasteiger partial charge in [0.1, 0.15) is 17.5 Å². The molecule has 7 heteroatoms. The first-order valence-corrected chi connectivity index (χ1v) is 8.12. The summed E-state index contributed by atoms with van der Waals surface area (Å²) < 4.78 is 5.51. The second-order valence-electron chi connectivity index (χ2n) is 5.78. The summed E-state index contributed by atoms with van der Waals surface area (Å²) >= 11 is 0. The van der Waals surface area contributed by atoms with Crippen LogP contribution in [0.2, 0.25) is 0 Å². The first-order chi connectivity index (χ1) is 12.2. The number of aromatic nitrogens is 2. The van der Waals surface area contributed by atoms with Gasteiger partial charge in [-0.1, -0.05) is 18.2 Å². The fraction of sp³-hybridized carbons (Fsp3) is 0.333. The maximum absolute atomic E-state index is 12.3. The smallest absolute Gasteiger partial charge is 0.260 e. The van der Waals surface area contributed by atoms with E-state index in [1.54, 1.807) is 11.0 Å². The van der Waals surface area contributed by atoms with E-state index in [-0.39, 0.29) is 12.5 Å². The zero-order valence-corrected chi connectivity index (χ0v) is 14.1. The van der Waals surface area contributed by atoms with Gasteiger partial charge in [-0.05, 0) is 25.1 Å². The zero-order valence-electron chi connectivity index (χ0n) is 14.1. The quantitative estimate of drug-likeness (QED) is 0.838. The molecular weight excluding hydrogens is 318 g/mol. The molecule has 0 spiro atoms. The third-order valence-electron chi connectivity index (χ3n) is 3.98. The summed E-state index contributed by atoms with van der Waals surface area (Å²) in [5, 5.41) is 9.03. The number of amides is 1. The Balaban J connectivity index is 1.54. The minimum absolute atomic E-state index is 0.0313. The first-order valence-electron chi connectivity index (χ1n) is 8.12. The van der Waals surface area contributed by atoms with Crippen molar-refractivity contribution in [3.63, 3.8) is 0 Å². The highest BCUT2D eigenvalue weighted by molar-refractivity contribution is 5.78. The van der Waals surface area contributed by atoms with Gasteiger partial charge >= 0.3 is 0 Å². The van der Waals surface area contributed by atoms with E-state index >= 15 is 0 Å². The second kappa shape index (κ2) is 7.62. The number of aryl methyl sites for hydroxylation is 1. The summed E-state index contributed by atoms with van der Waals surface area (Å²) in [6.45, 7) is 4.29. The largest absolute Gasteiger partial charge is 0.484 e. The van der Waals surface area contributed by atoms with Gasteiger partial charge in [0.2, 0.25) is 5.95 Å². The summed E-state index contributed by atoms with van der Waals surface area (Å²) in [5.41, 5.74) is 1.12. The van der Waals surface area contributed by atoms with Crippen LogP contribution in [0.1, 0.15) is 11.4 Å². The highest BCUT2D eigenvalue weighted by atomic mass is 16.5. The van der Waals surface area contributed by atoms with Crippen LogP contribution in [0.25, 0.3) is 0 Å². The fourth-order valence-corrected chi connectivity index (χ4v) is 2.66. The lowest BCUT2D eigenvalue weighted by molar-refractivity contribution is -0.133. The molecule has 1 aromatic heterocycles.